The fourth-order valence-corrected chi connectivity index (χ4v) is 5.71. The lowest BCUT2D eigenvalue weighted by Gasteiger charge is -2.12. The van der Waals surface area contributed by atoms with Crippen LogP contribution in [0.2, 0.25) is 0 Å². The number of halogens is 3. The number of thiazole rings is 1. The predicted molar refractivity (Wildman–Crippen MR) is 128 cm³/mol. The highest BCUT2D eigenvalue weighted by atomic mass is 79.9. The maximum atomic E-state index is 14.0. The molecule has 3 aromatic carbocycles. The molecule has 0 radical (unpaired) electrons. The lowest BCUT2D eigenvalue weighted by molar-refractivity contribution is 0.297. The quantitative estimate of drug-likeness (QED) is 0.284. The van der Waals surface area contributed by atoms with Crippen LogP contribution in [0, 0.1) is 5.82 Å². The molecular weight excluding hydrogens is 547 g/mol. The molecule has 2 aromatic heterocycles. The minimum atomic E-state index is -0.325. The van der Waals surface area contributed by atoms with E-state index in [0.29, 0.717) is 30.8 Å². The minimum absolute atomic E-state index is 0.0659. The third kappa shape index (κ3) is 3.79. The smallest absolute Gasteiger partial charge is 0.274 e. The Morgan fingerprint density at radius 1 is 1.10 bits per heavy atom. The van der Waals surface area contributed by atoms with Crippen LogP contribution in [0.25, 0.3) is 22.1 Å². The van der Waals surface area contributed by atoms with Gasteiger partial charge in [0.25, 0.3) is 5.56 Å². The number of benzene rings is 3. The molecule has 0 spiro atoms. The Balaban J connectivity index is 1.62. The standard InChI is InChI=1S/C23H13Br2FN2O2S/c24-15-9-14(21(16(25)11-15)30-12-13-5-1-2-6-17(13)26)10-20-22(29)28-19-8-4-3-7-18(19)27-23(28)31-20/h1-11H,12H2. The van der Waals surface area contributed by atoms with Crippen LogP contribution in [0.4, 0.5) is 4.39 Å². The van der Waals surface area contributed by atoms with Crippen molar-refractivity contribution in [1.82, 2.24) is 9.38 Å². The fraction of sp³-hybridized carbons (Fsp3) is 0.0435. The number of nitrogens with zero attached hydrogens (tertiary/aromatic N) is 2. The number of hydrogen-bond acceptors (Lipinski definition) is 4. The largest absolute Gasteiger partial charge is 0.487 e. The summed E-state index contributed by atoms with van der Waals surface area (Å²) in [6, 6.07) is 17.7. The fourth-order valence-electron chi connectivity index (χ4n) is 3.36. The zero-order valence-corrected chi connectivity index (χ0v) is 19.8. The molecule has 5 rings (SSSR count). The molecule has 0 saturated carbocycles. The van der Waals surface area contributed by atoms with Crippen LogP contribution in [0.15, 0.2) is 74.4 Å². The van der Waals surface area contributed by atoms with Gasteiger partial charge in [-0.2, -0.15) is 0 Å². The van der Waals surface area contributed by atoms with Crippen molar-refractivity contribution in [1.29, 1.82) is 0 Å². The highest BCUT2D eigenvalue weighted by Gasteiger charge is 2.14. The summed E-state index contributed by atoms with van der Waals surface area (Å²) in [5, 5.41) is 0. The summed E-state index contributed by atoms with van der Waals surface area (Å²) in [5.41, 5.74) is 2.59. The van der Waals surface area contributed by atoms with Gasteiger partial charge in [-0.1, -0.05) is 57.6 Å². The molecule has 0 N–H and O–H groups in total. The van der Waals surface area contributed by atoms with E-state index in [1.54, 1.807) is 28.7 Å². The summed E-state index contributed by atoms with van der Waals surface area (Å²) >= 11 is 8.33. The van der Waals surface area contributed by atoms with Crippen molar-refractivity contribution < 1.29 is 9.13 Å². The molecule has 8 heteroatoms. The number of hydrogen-bond donors (Lipinski definition) is 0. The van der Waals surface area contributed by atoms with Crippen molar-refractivity contribution >= 4 is 65.3 Å². The van der Waals surface area contributed by atoms with Gasteiger partial charge in [-0.3, -0.25) is 4.79 Å². The van der Waals surface area contributed by atoms with Gasteiger partial charge < -0.3 is 4.74 Å². The van der Waals surface area contributed by atoms with Crippen LogP contribution in [0.1, 0.15) is 11.1 Å². The lowest BCUT2D eigenvalue weighted by Crippen LogP contribution is -2.22. The van der Waals surface area contributed by atoms with E-state index in [9.17, 15) is 9.18 Å². The number of fused-ring (bicyclic) bond motifs is 3. The third-order valence-electron chi connectivity index (χ3n) is 4.80. The van der Waals surface area contributed by atoms with Crippen LogP contribution in [0.5, 0.6) is 5.75 Å². The van der Waals surface area contributed by atoms with Gasteiger partial charge >= 0.3 is 0 Å². The molecule has 0 fully saturated rings. The Bertz CT molecular complexity index is 1560. The van der Waals surface area contributed by atoms with E-state index < -0.39 is 0 Å². The molecule has 154 valence electrons. The first kappa shape index (κ1) is 20.4. The number of ether oxygens (including phenoxy) is 1. The summed E-state index contributed by atoms with van der Waals surface area (Å²) in [6.07, 6.45) is 1.78. The monoisotopic (exact) mass is 558 g/mol. The van der Waals surface area contributed by atoms with E-state index in [0.717, 1.165) is 15.5 Å². The van der Waals surface area contributed by atoms with Crippen LogP contribution in [-0.2, 0) is 6.61 Å². The lowest BCUT2D eigenvalue weighted by atomic mass is 10.2. The van der Waals surface area contributed by atoms with Crippen molar-refractivity contribution in [2.75, 3.05) is 0 Å². The first-order valence-electron chi connectivity index (χ1n) is 9.28. The second-order valence-electron chi connectivity index (χ2n) is 6.82. The summed E-state index contributed by atoms with van der Waals surface area (Å²) in [6.45, 7) is 0.0659. The zero-order valence-electron chi connectivity index (χ0n) is 15.8. The van der Waals surface area contributed by atoms with Gasteiger partial charge in [-0.25, -0.2) is 13.8 Å². The molecule has 0 saturated heterocycles. The van der Waals surface area contributed by atoms with E-state index >= 15 is 0 Å². The van der Waals surface area contributed by atoms with Crippen LogP contribution < -0.4 is 14.8 Å². The van der Waals surface area contributed by atoms with Crippen molar-refractivity contribution in [3.63, 3.8) is 0 Å². The predicted octanol–water partition coefficient (Wildman–Crippen LogP) is 5.70. The molecule has 0 amide bonds. The molecule has 0 aliphatic rings. The van der Waals surface area contributed by atoms with Gasteiger partial charge in [0.2, 0.25) is 0 Å². The highest BCUT2D eigenvalue weighted by Crippen LogP contribution is 2.34. The zero-order chi connectivity index (χ0) is 21.5. The number of para-hydroxylation sites is 2. The van der Waals surface area contributed by atoms with E-state index in [1.807, 2.05) is 36.4 Å². The molecule has 5 aromatic rings. The van der Waals surface area contributed by atoms with Gasteiger partial charge in [-0.15, -0.1) is 0 Å². The maximum absolute atomic E-state index is 14.0. The van der Waals surface area contributed by atoms with E-state index in [1.165, 1.54) is 17.4 Å². The Labute approximate surface area is 196 Å². The van der Waals surface area contributed by atoms with Gasteiger partial charge in [-0.05, 0) is 52.3 Å². The normalized spacial score (nSPS) is 12.2. The average molecular weight is 560 g/mol. The minimum Gasteiger partial charge on any atom is -0.487 e. The van der Waals surface area contributed by atoms with Crippen LogP contribution in [-0.4, -0.2) is 9.38 Å². The topological polar surface area (TPSA) is 43.6 Å². The Kier molecular flexibility index (Phi) is 5.37. The first-order chi connectivity index (χ1) is 15.0. The molecule has 0 aliphatic carbocycles. The maximum Gasteiger partial charge on any atom is 0.274 e. The van der Waals surface area contributed by atoms with E-state index in [4.69, 9.17) is 4.74 Å². The molecular formula is C23H13Br2FN2O2S. The van der Waals surface area contributed by atoms with Crippen molar-refractivity contribution in [3.8, 4) is 5.75 Å². The van der Waals surface area contributed by atoms with Gasteiger partial charge in [0.1, 0.15) is 18.2 Å². The number of rotatable bonds is 4. The van der Waals surface area contributed by atoms with E-state index in [2.05, 4.69) is 36.8 Å². The van der Waals surface area contributed by atoms with Crippen LogP contribution >= 0.6 is 43.2 Å². The van der Waals surface area contributed by atoms with E-state index in [-0.39, 0.29) is 18.0 Å². The second-order valence-corrected chi connectivity index (χ2v) is 9.60. The summed E-state index contributed by atoms with van der Waals surface area (Å²) in [4.78, 5) is 18.3. The Morgan fingerprint density at radius 2 is 1.87 bits per heavy atom. The Morgan fingerprint density at radius 3 is 2.71 bits per heavy atom. The first-order valence-corrected chi connectivity index (χ1v) is 11.7. The Hall–Kier alpha value is -2.55. The van der Waals surface area contributed by atoms with Gasteiger partial charge in [0, 0.05) is 15.6 Å². The van der Waals surface area contributed by atoms with Crippen molar-refractivity contribution in [3.05, 3.63) is 101 Å². The van der Waals surface area contributed by atoms with Crippen molar-refractivity contribution in [2.45, 2.75) is 6.61 Å². The number of imidazole rings is 1. The average Bonchev–Trinajstić information content (AvgIpc) is 3.25. The third-order valence-corrected chi connectivity index (χ3v) is 6.81. The second kappa shape index (κ2) is 8.18. The molecule has 0 atom stereocenters. The highest BCUT2D eigenvalue weighted by molar-refractivity contribution is 9.11. The molecule has 0 aliphatic heterocycles. The molecule has 4 nitrogen and oxygen atoms in total. The molecule has 0 bridgehead atoms. The van der Waals surface area contributed by atoms with Crippen molar-refractivity contribution in [2.24, 2.45) is 0 Å². The summed E-state index contributed by atoms with van der Waals surface area (Å²) in [7, 11) is 0. The van der Waals surface area contributed by atoms with Gasteiger partial charge in [0.05, 0.1) is 20.0 Å². The summed E-state index contributed by atoms with van der Waals surface area (Å²) in [5.74, 6) is 0.205. The molecule has 0 unspecified atom stereocenters. The molecule has 31 heavy (non-hydrogen) atoms. The molecule has 2 heterocycles. The number of aromatic nitrogens is 2. The van der Waals surface area contributed by atoms with Gasteiger partial charge in [0.15, 0.2) is 4.96 Å². The summed E-state index contributed by atoms with van der Waals surface area (Å²) < 4.78 is 23.7. The SMILES string of the molecule is O=c1c(=Cc2cc(Br)cc(Br)c2OCc2ccccc2F)sc2nc3ccccc3n12. The van der Waals surface area contributed by atoms with Crippen LogP contribution in [0.3, 0.4) is 0 Å².